The van der Waals surface area contributed by atoms with Crippen molar-refractivity contribution in [2.75, 3.05) is 27.3 Å². The van der Waals surface area contributed by atoms with Crippen LogP contribution in [0.15, 0.2) is 36.1 Å². The molecule has 27 heavy (non-hydrogen) atoms. The summed E-state index contributed by atoms with van der Waals surface area (Å²) in [5.41, 5.74) is 1.34. The number of rotatable bonds is 8. The second-order valence-electron chi connectivity index (χ2n) is 7.54. The smallest absolute Gasteiger partial charge is 0.302 e. The van der Waals surface area contributed by atoms with Crippen molar-refractivity contribution in [3.63, 3.8) is 0 Å². The molecule has 1 aliphatic carbocycles. The number of carbonyl (C=O) groups excluding carboxylic acids is 2. The third kappa shape index (κ3) is 4.52. The molecule has 1 aromatic rings. The van der Waals surface area contributed by atoms with Gasteiger partial charge in [0.2, 0.25) is 5.91 Å². The number of hydrogen-bond acceptors (Lipinski definition) is 4. The Kier molecular flexibility index (Phi) is 7.05. The lowest BCUT2D eigenvalue weighted by Crippen LogP contribution is -2.49. The Morgan fingerprint density at radius 3 is 2.59 bits per heavy atom. The number of esters is 1. The van der Waals surface area contributed by atoms with Gasteiger partial charge >= 0.3 is 5.97 Å². The number of allylic oxidation sites excluding steroid dienone is 1. The predicted molar refractivity (Wildman–Crippen MR) is 105 cm³/mol. The largest absolute Gasteiger partial charge is 0.500 e. The highest BCUT2D eigenvalue weighted by atomic mass is 16.5. The minimum absolute atomic E-state index is 0.0180. The minimum Gasteiger partial charge on any atom is -0.500 e. The molecule has 1 amide bonds. The number of hydrogen-bond donors (Lipinski definition) is 0. The van der Waals surface area contributed by atoms with Crippen LogP contribution in [0.25, 0.3) is 0 Å². The van der Waals surface area contributed by atoms with Gasteiger partial charge in [-0.25, -0.2) is 0 Å². The summed E-state index contributed by atoms with van der Waals surface area (Å²) in [6.45, 7) is 6.22. The Labute approximate surface area is 162 Å². The molecular formula is C22H31NO4. The highest BCUT2D eigenvalue weighted by Crippen LogP contribution is 2.44. The fraction of sp³-hybridized carbons (Fsp3) is 0.545. The van der Waals surface area contributed by atoms with Gasteiger partial charge in [-0.05, 0) is 42.4 Å². The number of benzene rings is 1. The van der Waals surface area contributed by atoms with Gasteiger partial charge in [0.05, 0.1) is 13.7 Å². The van der Waals surface area contributed by atoms with Crippen molar-refractivity contribution in [3.8, 4) is 0 Å². The number of methoxy groups -OCH3 is 1. The monoisotopic (exact) mass is 373 g/mol. The fourth-order valence-corrected chi connectivity index (χ4v) is 3.73. The van der Waals surface area contributed by atoms with E-state index in [1.54, 1.807) is 19.1 Å². The lowest BCUT2D eigenvalue weighted by atomic mass is 9.68. The summed E-state index contributed by atoms with van der Waals surface area (Å²) in [5, 5.41) is 0. The van der Waals surface area contributed by atoms with Gasteiger partial charge in [-0.3, -0.25) is 9.59 Å². The summed E-state index contributed by atoms with van der Waals surface area (Å²) >= 11 is 0. The highest BCUT2D eigenvalue weighted by molar-refractivity contribution is 5.92. The molecule has 0 radical (unpaired) electrons. The van der Waals surface area contributed by atoms with Crippen LogP contribution in [-0.2, 0) is 30.9 Å². The molecule has 1 aliphatic rings. The molecule has 0 aliphatic heterocycles. The van der Waals surface area contributed by atoms with E-state index in [1.165, 1.54) is 6.92 Å². The minimum atomic E-state index is -0.834. The third-order valence-corrected chi connectivity index (χ3v) is 5.17. The Bertz CT molecular complexity index is 710. The standard InChI is InChI=1S/C22H31NO4/c1-16(2)12-13-22(21(25)23(4)14-15-27-17(3)24)19-9-7-6-8-18(19)10-11-20(22)26-5/h6-9,11,16H,10,12-15H2,1-5H3. The molecule has 0 aromatic heterocycles. The third-order valence-electron chi connectivity index (χ3n) is 5.17. The topological polar surface area (TPSA) is 55.8 Å². The van der Waals surface area contributed by atoms with Gasteiger partial charge in [0.15, 0.2) is 0 Å². The van der Waals surface area contributed by atoms with E-state index in [2.05, 4.69) is 19.9 Å². The molecule has 0 N–H and O–H groups in total. The van der Waals surface area contributed by atoms with E-state index in [4.69, 9.17) is 9.47 Å². The number of carbonyl (C=O) groups is 2. The van der Waals surface area contributed by atoms with Crippen LogP contribution in [0.1, 0.15) is 44.7 Å². The van der Waals surface area contributed by atoms with E-state index < -0.39 is 5.41 Å². The maximum Gasteiger partial charge on any atom is 0.302 e. The van der Waals surface area contributed by atoms with E-state index >= 15 is 0 Å². The van der Waals surface area contributed by atoms with Gasteiger partial charge in [0, 0.05) is 14.0 Å². The zero-order valence-electron chi connectivity index (χ0n) is 17.1. The summed E-state index contributed by atoms with van der Waals surface area (Å²) in [4.78, 5) is 26.4. The average molecular weight is 373 g/mol. The number of nitrogens with zero attached hydrogens (tertiary/aromatic N) is 1. The van der Waals surface area contributed by atoms with Crippen LogP contribution in [0.4, 0.5) is 0 Å². The molecule has 0 saturated heterocycles. The van der Waals surface area contributed by atoms with Crippen LogP contribution < -0.4 is 0 Å². The first-order valence-electron chi connectivity index (χ1n) is 9.54. The maximum absolute atomic E-state index is 13.7. The average Bonchev–Trinajstić information content (AvgIpc) is 2.64. The molecular weight excluding hydrogens is 342 g/mol. The zero-order chi connectivity index (χ0) is 20.0. The molecule has 5 heteroatoms. The van der Waals surface area contributed by atoms with Gasteiger partial charge in [-0.1, -0.05) is 38.1 Å². The van der Waals surface area contributed by atoms with E-state index in [-0.39, 0.29) is 18.5 Å². The van der Waals surface area contributed by atoms with Gasteiger partial charge in [-0.2, -0.15) is 0 Å². The molecule has 148 valence electrons. The molecule has 0 heterocycles. The molecule has 1 aromatic carbocycles. The Balaban J connectivity index is 2.44. The molecule has 5 nitrogen and oxygen atoms in total. The van der Waals surface area contributed by atoms with Crippen molar-refractivity contribution in [1.29, 1.82) is 0 Å². The number of fused-ring (bicyclic) bond motifs is 1. The molecule has 0 saturated carbocycles. The summed E-state index contributed by atoms with van der Waals surface area (Å²) in [6.07, 6.45) is 4.37. The van der Waals surface area contributed by atoms with Crippen LogP contribution >= 0.6 is 0 Å². The summed E-state index contributed by atoms with van der Waals surface area (Å²) in [7, 11) is 3.39. The van der Waals surface area contributed by atoms with Crippen molar-refractivity contribution in [3.05, 3.63) is 47.2 Å². The van der Waals surface area contributed by atoms with Crippen LogP contribution in [0.5, 0.6) is 0 Å². The molecule has 0 bridgehead atoms. The Morgan fingerprint density at radius 1 is 1.26 bits per heavy atom. The fourth-order valence-electron chi connectivity index (χ4n) is 3.73. The normalized spacial score (nSPS) is 18.5. The van der Waals surface area contributed by atoms with Gasteiger partial charge in [-0.15, -0.1) is 0 Å². The van der Waals surface area contributed by atoms with Crippen LogP contribution in [-0.4, -0.2) is 44.1 Å². The molecule has 0 spiro atoms. The molecule has 0 fully saturated rings. The molecule has 1 atom stereocenters. The van der Waals surface area contributed by atoms with Crippen molar-refractivity contribution in [2.45, 2.75) is 45.4 Å². The number of amides is 1. The van der Waals surface area contributed by atoms with E-state index in [0.717, 1.165) is 24.0 Å². The second kappa shape index (κ2) is 9.07. The first-order valence-corrected chi connectivity index (χ1v) is 9.54. The van der Waals surface area contributed by atoms with Crippen molar-refractivity contribution in [1.82, 2.24) is 4.90 Å². The first kappa shape index (κ1) is 21.0. The number of likely N-dealkylation sites (N-methyl/N-ethyl adjacent to an activating group) is 1. The van der Waals surface area contributed by atoms with Crippen molar-refractivity contribution >= 4 is 11.9 Å². The summed E-state index contributed by atoms with van der Waals surface area (Å²) < 4.78 is 10.8. The maximum atomic E-state index is 13.7. The Hall–Kier alpha value is -2.30. The van der Waals surface area contributed by atoms with Crippen LogP contribution in [0, 0.1) is 5.92 Å². The van der Waals surface area contributed by atoms with Crippen LogP contribution in [0.2, 0.25) is 0 Å². The lowest BCUT2D eigenvalue weighted by Gasteiger charge is -2.41. The second-order valence-corrected chi connectivity index (χ2v) is 7.54. The summed E-state index contributed by atoms with van der Waals surface area (Å²) in [6, 6.07) is 8.11. The Morgan fingerprint density at radius 2 is 1.96 bits per heavy atom. The first-order chi connectivity index (χ1) is 12.8. The van der Waals surface area contributed by atoms with E-state index in [0.29, 0.717) is 24.6 Å². The summed E-state index contributed by atoms with van der Waals surface area (Å²) in [5.74, 6) is 0.820. The van der Waals surface area contributed by atoms with Gasteiger partial charge in [0.25, 0.3) is 0 Å². The van der Waals surface area contributed by atoms with E-state index in [9.17, 15) is 9.59 Å². The lowest BCUT2D eigenvalue weighted by molar-refractivity contribution is -0.144. The van der Waals surface area contributed by atoms with Crippen molar-refractivity contribution in [2.24, 2.45) is 5.92 Å². The molecule has 1 unspecified atom stereocenters. The zero-order valence-corrected chi connectivity index (χ0v) is 17.1. The molecule has 2 rings (SSSR count). The predicted octanol–water partition coefficient (Wildman–Crippen LogP) is 3.47. The van der Waals surface area contributed by atoms with Crippen molar-refractivity contribution < 1.29 is 19.1 Å². The SMILES string of the molecule is COC1=CCc2ccccc2C1(CCC(C)C)C(=O)N(C)CCOC(C)=O. The quantitative estimate of drug-likeness (QED) is 0.655. The van der Waals surface area contributed by atoms with Crippen LogP contribution in [0.3, 0.4) is 0 Å². The van der Waals surface area contributed by atoms with Gasteiger partial charge < -0.3 is 14.4 Å². The number of ether oxygens (including phenoxy) is 2. The van der Waals surface area contributed by atoms with E-state index in [1.807, 2.05) is 24.3 Å². The highest BCUT2D eigenvalue weighted by Gasteiger charge is 2.48. The van der Waals surface area contributed by atoms with Gasteiger partial charge in [0.1, 0.15) is 17.8 Å².